The van der Waals surface area contributed by atoms with Crippen molar-refractivity contribution in [3.8, 4) is 5.75 Å². The number of hydrogen-bond acceptors (Lipinski definition) is 4. The van der Waals surface area contributed by atoms with E-state index in [1.165, 1.54) is 0 Å². The third-order valence-electron chi connectivity index (χ3n) is 4.38. The molecule has 0 atom stereocenters. The van der Waals surface area contributed by atoms with Crippen molar-refractivity contribution in [2.24, 2.45) is 11.7 Å². The number of benzene rings is 1. The highest BCUT2D eigenvalue weighted by Gasteiger charge is 2.41. The first-order valence-corrected chi connectivity index (χ1v) is 7.83. The second-order valence-corrected chi connectivity index (χ2v) is 6.11. The molecule has 126 valence electrons. The van der Waals surface area contributed by atoms with Crippen LogP contribution in [0.1, 0.15) is 32.6 Å². The first kappa shape index (κ1) is 17.3. The maximum Gasteiger partial charge on any atom is 0.256 e. The van der Waals surface area contributed by atoms with Gasteiger partial charge in [0.2, 0.25) is 0 Å². The summed E-state index contributed by atoms with van der Waals surface area (Å²) in [6.07, 6.45) is 3.44. The van der Waals surface area contributed by atoms with Crippen molar-refractivity contribution in [1.82, 2.24) is 0 Å². The van der Waals surface area contributed by atoms with Crippen LogP contribution in [0.3, 0.4) is 0 Å². The number of primary amides is 1. The van der Waals surface area contributed by atoms with Gasteiger partial charge in [0.25, 0.3) is 11.8 Å². The molecular weight excluding hydrogens is 296 g/mol. The Bertz CT molecular complexity index is 548. The van der Waals surface area contributed by atoms with Crippen LogP contribution in [0.4, 0.5) is 5.69 Å². The monoisotopic (exact) mass is 320 g/mol. The molecular formula is C17H24N2O4. The number of hydrogen-bond donors (Lipinski definition) is 2. The van der Waals surface area contributed by atoms with Crippen LogP contribution in [-0.4, -0.2) is 31.1 Å². The third kappa shape index (κ3) is 4.45. The highest BCUT2D eigenvalue weighted by molar-refractivity contribution is 5.97. The lowest BCUT2D eigenvalue weighted by molar-refractivity contribution is -0.142. The number of carbonyl (C=O) groups is 2. The summed E-state index contributed by atoms with van der Waals surface area (Å²) in [5, 5.41) is 2.90. The standard InChI is InChI=1S/C17H24N2O4/c1-12-7-9-17(22-2,10-8-12)16(21)19-13-3-5-14(6-4-13)23-11-15(18)20/h3-6,12H,7-11H2,1-2H3,(H2,18,20)(H,19,21). The van der Waals surface area contributed by atoms with Crippen LogP contribution in [-0.2, 0) is 14.3 Å². The second-order valence-electron chi connectivity index (χ2n) is 6.11. The van der Waals surface area contributed by atoms with Crippen LogP contribution in [0.5, 0.6) is 5.75 Å². The third-order valence-corrected chi connectivity index (χ3v) is 4.38. The molecule has 6 heteroatoms. The Morgan fingerprint density at radius 1 is 1.26 bits per heavy atom. The molecule has 3 N–H and O–H groups in total. The average Bonchev–Trinajstić information content (AvgIpc) is 2.55. The zero-order chi connectivity index (χ0) is 16.9. The molecule has 1 aliphatic carbocycles. The molecule has 0 radical (unpaired) electrons. The Kier molecular flexibility index (Phi) is 5.60. The predicted octanol–water partition coefficient (Wildman–Crippen LogP) is 2.08. The van der Waals surface area contributed by atoms with Gasteiger partial charge in [-0.3, -0.25) is 9.59 Å². The molecule has 0 aliphatic heterocycles. The van der Waals surface area contributed by atoms with Crippen molar-refractivity contribution in [3.63, 3.8) is 0 Å². The highest BCUT2D eigenvalue weighted by Crippen LogP contribution is 2.35. The lowest BCUT2D eigenvalue weighted by Crippen LogP contribution is -2.47. The molecule has 1 fully saturated rings. The lowest BCUT2D eigenvalue weighted by Gasteiger charge is -2.36. The summed E-state index contributed by atoms with van der Waals surface area (Å²) in [6.45, 7) is 2.03. The molecule has 2 amide bonds. The summed E-state index contributed by atoms with van der Waals surface area (Å²) in [6, 6.07) is 6.81. The molecule has 0 heterocycles. The van der Waals surface area contributed by atoms with Gasteiger partial charge < -0.3 is 20.5 Å². The van der Waals surface area contributed by atoms with Gasteiger partial charge in [0.1, 0.15) is 11.4 Å². The fourth-order valence-corrected chi connectivity index (χ4v) is 2.79. The van der Waals surface area contributed by atoms with E-state index in [0.29, 0.717) is 17.4 Å². The number of carbonyl (C=O) groups excluding carboxylic acids is 2. The van der Waals surface area contributed by atoms with E-state index >= 15 is 0 Å². The molecule has 1 saturated carbocycles. The smallest absolute Gasteiger partial charge is 0.256 e. The highest BCUT2D eigenvalue weighted by atomic mass is 16.5. The predicted molar refractivity (Wildman–Crippen MR) is 87.1 cm³/mol. The van der Waals surface area contributed by atoms with Crippen LogP contribution in [0.25, 0.3) is 0 Å². The SMILES string of the molecule is COC1(C(=O)Nc2ccc(OCC(N)=O)cc2)CCC(C)CC1. The van der Waals surface area contributed by atoms with Crippen LogP contribution < -0.4 is 15.8 Å². The molecule has 1 aromatic carbocycles. The summed E-state index contributed by atoms with van der Waals surface area (Å²) < 4.78 is 10.7. The summed E-state index contributed by atoms with van der Waals surface area (Å²) in [4.78, 5) is 23.3. The van der Waals surface area contributed by atoms with Crippen molar-refractivity contribution in [1.29, 1.82) is 0 Å². The van der Waals surface area contributed by atoms with Crippen LogP contribution in [0.15, 0.2) is 24.3 Å². The van der Waals surface area contributed by atoms with E-state index in [-0.39, 0.29) is 12.5 Å². The number of ether oxygens (including phenoxy) is 2. The number of nitrogens with two attached hydrogens (primary N) is 1. The van der Waals surface area contributed by atoms with Crippen molar-refractivity contribution in [2.75, 3.05) is 19.0 Å². The summed E-state index contributed by atoms with van der Waals surface area (Å²) >= 11 is 0. The minimum atomic E-state index is -0.742. The Morgan fingerprint density at radius 2 is 1.87 bits per heavy atom. The molecule has 0 bridgehead atoms. The van der Waals surface area contributed by atoms with E-state index in [4.69, 9.17) is 15.2 Å². The second kappa shape index (κ2) is 7.46. The van der Waals surface area contributed by atoms with E-state index in [1.807, 2.05) is 0 Å². The number of amides is 2. The number of anilines is 1. The fourth-order valence-electron chi connectivity index (χ4n) is 2.79. The van der Waals surface area contributed by atoms with Crippen molar-refractivity contribution in [2.45, 2.75) is 38.2 Å². The van der Waals surface area contributed by atoms with Crippen molar-refractivity contribution in [3.05, 3.63) is 24.3 Å². The van der Waals surface area contributed by atoms with Gasteiger partial charge in [-0.1, -0.05) is 6.92 Å². The minimum absolute atomic E-state index is 0.113. The van der Waals surface area contributed by atoms with Gasteiger partial charge in [0.15, 0.2) is 6.61 Å². The van der Waals surface area contributed by atoms with Gasteiger partial charge in [-0.05, 0) is 55.9 Å². The molecule has 6 nitrogen and oxygen atoms in total. The minimum Gasteiger partial charge on any atom is -0.484 e. The molecule has 0 saturated heterocycles. The first-order chi connectivity index (χ1) is 10.9. The van der Waals surface area contributed by atoms with E-state index in [1.54, 1.807) is 31.4 Å². The van der Waals surface area contributed by atoms with E-state index in [2.05, 4.69) is 12.2 Å². The summed E-state index contributed by atoms with van der Waals surface area (Å²) in [5.41, 5.74) is 4.94. The Labute approximate surface area is 136 Å². The van der Waals surface area contributed by atoms with Crippen molar-refractivity contribution >= 4 is 17.5 Å². The molecule has 2 rings (SSSR count). The fraction of sp³-hybridized carbons (Fsp3) is 0.529. The van der Waals surface area contributed by atoms with E-state index in [0.717, 1.165) is 25.7 Å². The van der Waals surface area contributed by atoms with Crippen LogP contribution in [0.2, 0.25) is 0 Å². The van der Waals surface area contributed by atoms with Crippen molar-refractivity contribution < 1.29 is 19.1 Å². The summed E-state index contributed by atoms with van der Waals surface area (Å²) in [7, 11) is 1.59. The van der Waals surface area contributed by atoms with Gasteiger partial charge in [-0.25, -0.2) is 0 Å². The Hall–Kier alpha value is -2.08. The topological polar surface area (TPSA) is 90.7 Å². The molecule has 0 aromatic heterocycles. The molecule has 0 spiro atoms. The molecule has 1 aromatic rings. The van der Waals surface area contributed by atoms with Gasteiger partial charge in [-0.2, -0.15) is 0 Å². The number of methoxy groups -OCH3 is 1. The molecule has 0 unspecified atom stereocenters. The summed E-state index contributed by atoms with van der Waals surface area (Å²) in [5.74, 6) is 0.510. The molecule has 23 heavy (non-hydrogen) atoms. The van der Waals surface area contributed by atoms with Crippen LogP contribution in [0, 0.1) is 5.92 Å². The van der Waals surface area contributed by atoms with Gasteiger partial charge in [0.05, 0.1) is 0 Å². The first-order valence-electron chi connectivity index (χ1n) is 7.83. The Balaban J connectivity index is 1.97. The maximum absolute atomic E-state index is 12.6. The Morgan fingerprint density at radius 3 is 2.39 bits per heavy atom. The molecule has 1 aliphatic rings. The van der Waals surface area contributed by atoms with E-state index in [9.17, 15) is 9.59 Å². The largest absolute Gasteiger partial charge is 0.484 e. The zero-order valence-corrected chi connectivity index (χ0v) is 13.6. The average molecular weight is 320 g/mol. The number of rotatable bonds is 6. The quantitative estimate of drug-likeness (QED) is 0.839. The lowest BCUT2D eigenvalue weighted by atomic mass is 9.79. The van der Waals surface area contributed by atoms with E-state index < -0.39 is 11.5 Å². The maximum atomic E-state index is 12.6. The zero-order valence-electron chi connectivity index (χ0n) is 13.6. The van der Waals surface area contributed by atoms with Crippen LogP contribution >= 0.6 is 0 Å². The number of nitrogens with one attached hydrogen (secondary N) is 1. The normalized spacial score (nSPS) is 24.0. The van der Waals surface area contributed by atoms with Gasteiger partial charge in [0, 0.05) is 12.8 Å². The van der Waals surface area contributed by atoms with Gasteiger partial charge >= 0.3 is 0 Å². The van der Waals surface area contributed by atoms with Gasteiger partial charge in [-0.15, -0.1) is 0 Å².